The first-order valence-electron chi connectivity index (χ1n) is 6.63. The van der Waals surface area contributed by atoms with Gasteiger partial charge < -0.3 is 19.5 Å². The van der Waals surface area contributed by atoms with Crippen LogP contribution < -0.4 is 14.8 Å². The van der Waals surface area contributed by atoms with Crippen LogP contribution in [0.5, 0.6) is 11.5 Å². The lowest BCUT2D eigenvalue weighted by Crippen LogP contribution is -2.43. The molecule has 0 unspecified atom stereocenters. The second kappa shape index (κ2) is 6.46. The Balaban J connectivity index is 0.00000133. The van der Waals surface area contributed by atoms with E-state index in [1.54, 1.807) is 0 Å². The molecule has 0 spiro atoms. The van der Waals surface area contributed by atoms with Gasteiger partial charge in [0.25, 0.3) is 0 Å². The van der Waals surface area contributed by atoms with Crippen LogP contribution in [0.3, 0.4) is 0 Å². The molecule has 106 valence electrons. The molecule has 2 heterocycles. The summed E-state index contributed by atoms with van der Waals surface area (Å²) >= 11 is 0. The lowest BCUT2D eigenvalue weighted by molar-refractivity contribution is -0.00585. The molecular weight excluding hydrogens is 266 g/mol. The first-order valence-corrected chi connectivity index (χ1v) is 6.63. The van der Waals surface area contributed by atoms with Gasteiger partial charge in [-0.2, -0.15) is 0 Å². The van der Waals surface area contributed by atoms with Crippen LogP contribution in [0, 0.1) is 0 Å². The van der Waals surface area contributed by atoms with Crippen LogP contribution >= 0.6 is 12.4 Å². The van der Waals surface area contributed by atoms with Gasteiger partial charge in [-0.1, -0.05) is 0 Å². The Morgan fingerprint density at radius 2 is 2.26 bits per heavy atom. The number of halogens is 1. The number of rotatable bonds is 2. The summed E-state index contributed by atoms with van der Waals surface area (Å²) in [5.41, 5.74) is 1.13. The molecule has 5 heteroatoms. The minimum Gasteiger partial charge on any atom is -0.494 e. The Bertz CT molecular complexity index is 427. The van der Waals surface area contributed by atoms with E-state index in [1.165, 1.54) is 0 Å². The van der Waals surface area contributed by atoms with Crippen LogP contribution in [-0.4, -0.2) is 32.4 Å². The van der Waals surface area contributed by atoms with Crippen molar-refractivity contribution in [3.8, 4) is 11.5 Å². The Labute approximate surface area is 119 Å². The van der Waals surface area contributed by atoms with E-state index in [1.807, 2.05) is 19.1 Å². The van der Waals surface area contributed by atoms with Gasteiger partial charge in [0.05, 0.1) is 19.8 Å². The summed E-state index contributed by atoms with van der Waals surface area (Å²) in [6.45, 7) is 5.06. The SMILES string of the molecule is CCOc1ccc2c(c1)OCC[C@H]1NCCO[C@H]21.Cl. The predicted molar refractivity (Wildman–Crippen MR) is 75.5 cm³/mol. The van der Waals surface area contributed by atoms with Gasteiger partial charge in [-0.15, -0.1) is 12.4 Å². The van der Waals surface area contributed by atoms with Crippen molar-refractivity contribution >= 4 is 12.4 Å². The molecule has 1 aromatic carbocycles. The molecule has 0 radical (unpaired) electrons. The molecule has 3 rings (SSSR count). The summed E-state index contributed by atoms with van der Waals surface area (Å²) in [6.07, 6.45) is 1.08. The van der Waals surface area contributed by atoms with Crippen LogP contribution in [0.2, 0.25) is 0 Å². The minimum absolute atomic E-state index is 0. The maximum absolute atomic E-state index is 5.90. The van der Waals surface area contributed by atoms with Crippen molar-refractivity contribution in [2.45, 2.75) is 25.5 Å². The van der Waals surface area contributed by atoms with Crippen LogP contribution in [-0.2, 0) is 4.74 Å². The summed E-state index contributed by atoms with van der Waals surface area (Å²) in [7, 11) is 0. The molecule has 1 saturated heterocycles. The summed E-state index contributed by atoms with van der Waals surface area (Å²) in [6, 6.07) is 6.39. The molecule has 0 aliphatic carbocycles. The molecule has 1 N–H and O–H groups in total. The first-order chi connectivity index (χ1) is 8.88. The van der Waals surface area contributed by atoms with E-state index in [2.05, 4.69) is 11.4 Å². The molecule has 2 atom stereocenters. The van der Waals surface area contributed by atoms with Gasteiger partial charge in [0.1, 0.15) is 17.6 Å². The molecule has 19 heavy (non-hydrogen) atoms. The molecule has 0 amide bonds. The van der Waals surface area contributed by atoms with Gasteiger partial charge in [-0.25, -0.2) is 0 Å². The highest BCUT2D eigenvalue weighted by atomic mass is 35.5. The summed E-state index contributed by atoms with van der Waals surface area (Å²) in [5.74, 6) is 1.76. The van der Waals surface area contributed by atoms with Gasteiger partial charge in [-0.05, 0) is 25.5 Å². The highest BCUT2D eigenvalue weighted by molar-refractivity contribution is 5.85. The molecule has 1 aromatic rings. The number of hydrogen-bond acceptors (Lipinski definition) is 4. The van der Waals surface area contributed by atoms with Gasteiger partial charge in [0.15, 0.2) is 0 Å². The number of nitrogens with one attached hydrogen (secondary N) is 1. The molecule has 0 aromatic heterocycles. The van der Waals surface area contributed by atoms with Crippen molar-refractivity contribution in [3.05, 3.63) is 23.8 Å². The third-order valence-electron chi connectivity index (χ3n) is 3.46. The number of benzene rings is 1. The van der Waals surface area contributed by atoms with E-state index >= 15 is 0 Å². The van der Waals surface area contributed by atoms with Gasteiger partial charge in [-0.3, -0.25) is 0 Å². The molecule has 0 bridgehead atoms. The maximum atomic E-state index is 5.90. The van der Waals surface area contributed by atoms with E-state index in [0.717, 1.165) is 43.2 Å². The highest BCUT2D eigenvalue weighted by Crippen LogP contribution is 2.37. The Morgan fingerprint density at radius 1 is 1.37 bits per heavy atom. The Morgan fingerprint density at radius 3 is 3.11 bits per heavy atom. The average molecular weight is 286 g/mol. The second-order valence-corrected chi connectivity index (χ2v) is 4.62. The van der Waals surface area contributed by atoms with Crippen LogP contribution in [0.25, 0.3) is 0 Å². The second-order valence-electron chi connectivity index (χ2n) is 4.62. The highest BCUT2D eigenvalue weighted by Gasteiger charge is 2.31. The normalized spacial score (nSPS) is 25.1. The van der Waals surface area contributed by atoms with Crippen LogP contribution in [0.4, 0.5) is 0 Å². The molecule has 4 nitrogen and oxygen atoms in total. The third kappa shape index (κ3) is 2.96. The van der Waals surface area contributed by atoms with Crippen molar-refractivity contribution in [2.75, 3.05) is 26.4 Å². The molecule has 0 saturated carbocycles. The van der Waals surface area contributed by atoms with Crippen molar-refractivity contribution in [3.63, 3.8) is 0 Å². The number of ether oxygens (including phenoxy) is 3. The summed E-state index contributed by atoms with van der Waals surface area (Å²) in [5, 5.41) is 3.51. The zero-order valence-electron chi connectivity index (χ0n) is 11.1. The van der Waals surface area contributed by atoms with Crippen molar-refractivity contribution in [1.82, 2.24) is 5.32 Å². The standard InChI is InChI=1S/C14H19NO3.ClH/c1-2-16-10-3-4-11-13(9-10)17-7-5-12-14(11)18-8-6-15-12;/h3-4,9,12,14-15H,2,5-8H2,1H3;1H/t12-,14-;/m1./s1. The zero-order valence-corrected chi connectivity index (χ0v) is 11.9. The van der Waals surface area contributed by atoms with E-state index in [4.69, 9.17) is 14.2 Å². The fourth-order valence-electron chi connectivity index (χ4n) is 2.64. The average Bonchev–Trinajstić information content (AvgIpc) is 2.58. The maximum Gasteiger partial charge on any atom is 0.128 e. The fourth-order valence-corrected chi connectivity index (χ4v) is 2.64. The summed E-state index contributed by atoms with van der Waals surface area (Å²) < 4.78 is 17.2. The van der Waals surface area contributed by atoms with E-state index in [-0.39, 0.29) is 18.5 Å². The number of morpholine rings is 1. The molecular formula is C14H20ClNO3. The van der Waals surface area contributed by atoms with Crippen molar-refractivity contribution < 1.29 is 14.2 Å². The van der Waals surface area contributed by atoms with E-state index in [9.17, 15) is 0 Å². The largest absolute Gasteiger partial charge is 0.494 e. The van der Waals surface area contributed by atoms with Gasteiger partial charge in [0.2, 0.25) is 0 Å². The van der Waals surface area contributed by atoms with Crippen LogP contribution in [0.1, 0.15) is 25.0 Å². The monoisotopic (exact) mass is 285 g/mol. The number of fused-ring (bicyclic) bond motifs is 3. The Hall–Kier alpha value is -0.970. The quantitative estimate of drug-likeness (QED) is 0.905. The van der Waals surface area contributed by atoms with Crippen molar-refractivity contribution in [2.24, 2.45) is 0 Å². The minimum atomic E-state index is 0. The lowest BCUT2D eigenvalue weighted by Gasteiger charge is -2.31. The molecule has 2 aliphatic rings. The van der Waals surface area contributed by atoms with E-state index in [0.29, 0.717) is 12.6 Å². The Kier molecular flexibility index (Phi) is 4.91. The molecule has 2 aliphatic heterocycles. The zero-order chi connectivity index (χ0) is 12.4. The topological polar surface area (TPSA) is 39.7 Å². The molecule has 1 fully saturated rings. The summed E-state index contributed by atoms with van der Waals surface area (Å²) in [4.78, 5) is 0. The fraction of sp³-hybridized carbons (Fsp3) is 0.571. The van der Waals surface area contributed by atoms with Gasteiger partial charge >= 0.3 is 0 Å². The van der Waals surface area contributed by atoms with Crippen molar-refractivity contribution in [1.29, 1.82) is 0 Å². The smallest absolute Gasteiger partial charge is 0.128 e. The van der Waals surface area contributed by atoms with Crippen LogP contribution in [0.15, 0.2) is 18.2 Å². The first kappa shape index (κ1) is 14.4. The number of hydrogen-bond donors (Lipinski definition) is 1. The van der Waals surface area contributed by atoms with Gasteiger partial charge in [0, 0.05) is 24.2 Å². The predicted octanol–water partition coefficient (Wildman–Crippen LogP) is 2.32. The third-order valence-corrected chi connectivity index (χ3v) is 3.46. The lowest BCUT2D eigenvalue weighted by atomic mass is 9.98. The van der Waals surface area contributed by atoms with E-state index < -0.39 is 0 Å².